The molecule has 1 N–H and O–H groups in total. The molecule has 0 saturated heterocycles. The van der Waals surface area contributed by atoms with E-state index in [1.54, 1.807) is 0 Å². The Hall–Kier alpha value is -0.690. The number of rotatable bonds is 11. The Morgan fingerprint density at radius 3 is 1.68 bits per heavy atom. The number of ether oxygens (including phenoxy) is 4. The van der Waals surface area contributed by atoms with Crippen molar-refractivity contribution < 1.29 is 28.8 Å². The van der Waals surface area contributed by atoms with Gasteiger partial charge in [-0.15, -0.1) is 0 Å². The van der Waals surface area contributed by atoms with Crippen molar-refractivity contribution in [3.8, 4) is 0 Å². The standard InChI is InChI=1S/C11H24O4.C2H4O2/c1-4-12-5-6-13-7-8-14-9-10-15-11(2)3;1-2(3)4/h11H,4-10H2,1-3H3;1H3,(H,3,4). The molecule has 0 spiro atoms. The Kier molecular flexibility index (Phi) is 18.8. The van der Waals surface area contributed by atoms with Gasteiger partial charge < -0.3 is 24.1 Å². The third-order valence-corrected chi connectivity index (χ3v) is 1.63. The Morgan fingerprint density at radius 1 is 0.947 bits per heavy atom. The summed E-state index contributed by atoms with van der Waals surface area (Å²) in [5.41, 5.74) is 0. The summed E-state index contributed by atoms with van der Waals surface area (Å²) in [5.74, 6) is -0.833. The van der Waals surface area contributed by atoms with Gasteiger partial charge in [-0.2, -0.15) is 0 Å². The second-order valence-electron chi connectivity index (χ2n) is 3.86. The van der Waals surface area contributed by atoms with Crippen LogP contribution in [0.4, 0.5) is 0 Å². The van der Waals surface area contributed by atoms with Gasteiger partial charge in [0.1, 0.15) is 0 Å². The molecule has 0 aromatic carbocycles. The molecule has 0 aliphatic heterocycles. The summed E-state index contributed by atoms with van der Waals surface area (Å²) < 4.78 is 21.0. The van der Waals surface area contributed by atoms with Gasteiger partial charge in [0.2, 0.25) is 0 Å². The van der Waals surface area contributed by atoms with Gasteiger partial charge in [0, 0.05) is 13.5 Å². The maximum absolute atomic E-state index is 9.00. The van der Waals surface area contributed by atoms with Crippen LogP contribution in [0, 0.1) is 0 Å². The van der Waals surface area contributed by atoms with Crippen LogP contribution >= 0.6 is 0 Å². The second-order valence-corrected chi connectivity index (χ2v) is 3.86. The second kappa shape index (κ2) is 17.3. The molecule has 0 unspecified atom stereocenters. The van der Waals surface area contributed by atoms with Gasteiger partial charge in [-0.1, -0.05) is 0 Å². The van der Waals surface area contributed by atoms with Crippen molar-refractivity contribution >= 4 is 5.97 Å². The summed E-state index contributed by atoms with van der Waals surface area (Å²) in [7, 11) is 0. The average molecular weight is 280 g/mol. The zero-order chi connectivity index (χ0) is 14.9. The number of hydrogen-bond acceptors (Lipinski definition) is 5. The van der Waals surface area contributed by atoms with E-state index in [9.17, 15) is 0 Å². The summed E-state index contributed by atoms with van der Waals surface area (Å²) in [6.45, 7) is 11.6. The van der Waals surface area contributed by atoms with E-state index < -0.39 is 5.97 Å². The highest BCUT2D eigenvalue weighted by Crippen LogP contribution is 1.87. The summed E-state index contributed by atoms with van der Waals surface area (Å²) in [6.07, 6.45) is 0.274. The van der Waals surface area contributed by atoms with Crippen LogP contribution in [0.1, 0.15) is 27.7 Å². The first kappa shape index (κ1) is 20.6. The molecule has 19 heavy (non-hydrogen) atoms. The van der Waals surface area contributed by atoms with Gasteiger partial charge in [0.05, 0.1) is 45.7 Å². The van der Waals surface area contributed by atoms with E-state index in [0.29, 0.717) is 39.6 Å². The molecule has 0 aromatic rings. The zero-order valence-corrected chi connectivity index (χ0v) is 12.5. The van der Waals surface area contributed by atoms with Crippen molar-refractivity contribution in [3.63, 3.8) is 0 Å². The van der Waals surface area contributed by atoms with Gasteiger partial charge in [-0.25, -0.2) is 0 Å². The Morgan fingerprint density at radius 2 is 1.32 bits per heavy atom. The maximum Gasteiger partial charge on any atom is 0.300 e. The van der Waals surface area contributed by atoms with Crippen LogP contribution < -0.4 is 0 Å². The molecule has 0 aliphatic rings. The summed E-state index contributed by atoms with van der Waals surface area (Å²) in [6, 6.07) is 0. The largest absolute Gasteiger partial charge is 0.481 e. The SMILES string of the molecule is CC(=O)O.CCOCCOCCOCCOC(C)C. The summed E-state index contributed by atoms with van der Waals surface area (Å²) in [5, 5.41) is 7.42. The fraction of sp³-hybridized carbons (Fsp3) is 0.923. The van der Waals surface area contributed by atoms with E-state index in [0.717, 1.165) is 13.5 Å². The number of aliphatic carboxylic acids is 1. The van der Waals surface area contributed by atoms with Gasteiger partial charge in [-0.05, 0) is 20.8 Å². The molecule has 0 saturated carbocycles. The first-order valence-electron chi connectivity index (χ1n) is 6.55. The number of carboxylic acids is 1. The molecule has 0 amide bonds. The average Bonchev–Trinajstić information content (AvgIpc) is 2.30. The van der Waals surface area contributed by atoms with Crippen LogP contribution in [0.5, 0.6) is 0 Å². The maximum atomic E-state index is 9.00. The van der Waals surface area contributed by atoms with Crippen molar-refractivity contribution in [1.82, 2.24) is 0 Å². The molecule has 0 fully saturated rings. The molecule has 0 rings (SSSR count). The Labute approximate surface area is 116 Å². The third kappa shape index (κ3) is 31.7. The topological polar surface area (TPSA) is 74.2 Å². The molecule has 0 aliphatic carbocycles. The van der Waals surface area contributed by atoms with Crippen LogP contribution in [0.3, 0.4) is 0 Å². The van der Waals surface area contributed by atoms with Crippen molar-refractivity contribution in [1.29, 1.82) is 0 Å². The lowest BCUT2D eigenvalue weighted by Crippen LogP contribution is -2.13. The molecule has 116 valence electrons. The van der Waals surface area contributed by atoms with Gasteiger partial charge >= 0.3 is 0 Å². The lowest BCUT2D eigenvalue weighted by Gasteiger charge is -2.08. The van der Waals surface area contributed by atoms with Gasteiger partial charge in [0.15, 0.2) is 0 Å². The van der Waals surface area contributed by atoms with Gasteiger partial charge in [-0.3, -0.25) is 4.79 Å². The number of carboxylic acid groups (broad SMARTS) is 1. The predicted octanol–water partition coefficient (Wildman–Crippen LogP) is 1.57. The smallest absolute Gasteiger partial charge is 0.300 e. The summed E-state index contributed by atoms with van der Waals surface area (Å²) >= 11 is 0. The Balaban J connectivity index is 0. The molecular formula is C13H28O6. The Bertz CT molecular complexity index is 180. The van der Waals surface area contributed by atoms with Crippen molar-refractivity contribution in [3.05, 3.63) is 0 Å². The zero-order valence-electron chi connectivity index (χ0n) is 12.5. The van der Waals surface area contributed by atoms with Crippen molar-refractivity contribution in [2.45, 2.75) is 33.8 Å². The fourth-order valence-electron chi connectivity index (χ4n) is 0.927. The fourth-order valence-corrected chi connectivity index (χ4v) is 0.927. The van der Waals surface area contributed by atoms with E-state index in [2.05, 4.69) is 0 Å². The first-order chi connectivity index (χ1) is 9.00. The highest BCUT2D eigenvalue weighted by atomic mass is 16.6. The molecule has 0 radical (unpaired) electrons. The van der Waals surface area contributed by atoms with E-state index in [-0.39, 0.29) is 6.10 Å². The van der Waals surface area contributed by atoms with Crippen LogP contribution in [0.2, 0.25) is 0 Å². The number of hydrogen-bond donors (Lipinski definition) is 1. The molecule has 0 bridgehead atoms. The van der Waals surface area contributed by atoms with E-state index in [4.69, 9.17) is 28.8 Å². The molecule has 6 nitrogen and oxygen atoms in total. The van der Waals surface area contributed by atoms with Gasteiger partial charge in [0.25, 0.3) is 5.97 Å². The highest BCUT2D eigenvalue weighted by Gasteiger charge is 1.93. The lowest BCUT2D eigenvalue weighted by atomic mass is 10.5. The van der Waals surface area contributed by atoms with Crippen LogP contribution in [-0.2, 0) is 23.7 Å². The van der Waals surface area contributed by atoms with E-state index in [1.807, 2.05) is 20.8 Å². The van der Waals surface area contributed by atoms with Crippen molar-refractivity contribution in [2.24, 2.45) is 0 Å². The lowest BCUT2D eigenvalue weighted by molar-refractivity contribution is -0.134. The summed E-state index contributed by atoms with van der Waals surface area (Å²) in [4.78, 5) is 9.00. The third-order valence-electron chi connectivity index (χ3n) is 1.63. The number of carbonyl (C=O) groups is 1. The monoisotopic (exact) mass is 280 g/mol. The van der Waals surface area contributed by atoms with Crippen LogP contribution in [0.15, 0.2) is 0 Å². The molecular weight excluding hydrogens is 252 g/mol. The van der Waals surface area contributed by atoms with Crippen molar-refractivity contribution in [2.75, 3.05) is 46.2 Å². The quantitative estimate of drug-likeness (QED) is 0.579. The molecule has 0 aromatic heterocycles. The van der Waals surface area contributed by atoms with Crippen LogP contribution in [0.25, 0.3) is 0 Å². The molecule has 6 heteroatoms. The normalized spacial score (nSPS) is 10.2. The van der Waals surface area contributed by atoms with E-state index >= 15 is 0 Å². The minimum atomic E-state index is -0.833. The first-order valence-corrected chi connectivity index (χ1v) is 6.55. The predicted molar refractivity (Wildman–Crippen MR) is 72.5 cm³/mol. The molecule has 0 heterocycles. The van der Waals surface area contributed by atoms with Crippen LogP contribution in [-0.4, -0.2) is 63.4 Å². The minimum Gasteiger partial charge on any atom is -0.481 e. The molecule has 0 atom stereocenters. The minimum absolute atomic E-state index is 0.274. The highest BCUT2D eigenvalue weighted by molar-refractivity contribution is 5.62. The van der Waals surface area contributed by atoms with E-state index in [1.165, 1.54) is 0 Å².